The largest absolute Gasteiger partial charge is 0.491 e. The molecule has 0 bridgehead atoms. The molecule has 2 rings (SSSR count). The second kappa shape index (κ2) is 9.05. The summed E-state index contributed by atoms with van der Waals surface area (Å²) < 4.78 is 45.0. The third-order valence-electron chi connectivity index (χ3n) is 4.09. The molecule has 2 aromatic carbocycles. The molecule has 1 amide bonds. The Morgan fingerprint density at radius 3 is 2.32 bits per heavy atom. The smallest absolute Gasteiger partial charge is 0.243 e. The van der Waals surface area contributed by atoms with E-state index >= 15 is 0 Å². The van der Waals surface area contributed by atoms with E-state index in [2.05, 4.69) is 5.32 Å². The highest BCUT2D eigenvalue weighted by Crippen LogP contribution is 2.24. The normalized spacial score (nSPS) is 13.5. The van der Waals surface area contributed by atoms with E-state index in [1.165, 1.54) is 25.1 Å². The maximum absolute atomic E-state index is 14.1. The first kappa shape index (κ1) is 21.7. The highest BCUT2D eigenvalue weighted by molar-refractivity contribution is 7.92. The molecule has 152 valence electrons. The molecular formula is C20H25FN2O4S. The number of halogens is 1. The number of carbonyl (C=O) groups is 1. The van der Waals surface area contributed by atoms with Crippen LogP contribution in [0.4, 0.5) is 10.1 Å². The maximum Gasteiger partial charge on any atom is 0.243 e. The van der Waals surface area contributed by atoms with Crippen molar-refractivity contribution in [2.24, 2.45) is 0 Å². The van der Waals surface area contributed by atoms with Gasteiger partial charge in [-0.25, -0.2) is 12.8 Å². The molecule has 2 unspecified atom stereocenters. The first-order chi connectivity index (χ1) is 13.1. The van der Waals surface area contributed by atoms with Crippen LogP contribution in [0.5, 0.6) is 5.75 Å². The van der Waals surface area contributed by atoms with E-state index in [0.717, 1.165) is 22.2 Å². The molecule has 0 aromatic heterocycles. The van der Waals surface area contributed by atoms with E-state index in [4.69, 9.17) is 4.74 Å². The standard InChI is InChI=1S/C20H25FN2O4S/c1-14-9-11-17(12-10-14)27-13-15(2)22-20(24)16(3)23(28(4,25)26)19-8-6-5-7-18(19)21/h5-12,15-16H,13H2,1-4H3,(H,22,24). The molecule has 0 aliphatic carbocycles. The van der Waals surface area contributed by atoms with Gasteiger partial charge in [0.05, 0.1) is 18.0 Å². The van der Waals surface area contributed by atoms with Gasteiger partial charge in [0.2, 0.25) is 15.9 Å². The molecule has 2 aromatic rings. The van der Waals surface area contributed by atoms with Gasteiger partial charge in [0.25, 0.3) is 0 Å². The number of nitrogens with one attached hydrogen (secondary N) is 1. The fourth-order valence-electron chi connectivity index (χ4n) is 2.67. The minimum atomic E-state index is -3.88. The lowest BCUT2D eigenvalue weighted by Gasteiger charge is -2.29. The number of ether oxygens (including phenoxy) is 1. The van der Waals surface area contributed by atoms with Gasteiger partial charge in [-0.05, 0) is 45.0 Å². The number of hydrogen-bond donors (Lipinski definition) is 1. The molecule has 8 heteroatoms. The number of sulfonamides is 1. The summed E-state index contributed by atoms with van der Waals surface area (Å²) in [6, 6.07) is 11.4. The highest BCUT2D eigenvalue weighted by Gasteiger charge is 2.31. The minimum Gasteiger partial charge on any atom is -0.491 e. The number of rotatable bonds is 8. The summed E-state index contributed by atoms with van der Waals surface area (Å²) in [5, 5.41) is 2.71. The number of anilines is 1. The molecule has 2 atom stereocenters. The molecule has 6 nitrogen and oxygen atoms in total. The van der Waals surface area contributed by atoms with Gasteiger partial charge >= 0.3 is 0 Å². The van der Waals surface area contributed by atoms with E-state index < -0.39 is 27.8 Å². The van der Waals surface area contributed by atoms with Gasteiger partial charge in [0.15, 0.2) is 0 Å². The summed E-state index contributed by atoms with van der Waals surface area (Å²) >= 11 is 0. The van der Waals surface area contributed by atoms with E-state index in [0.29, 0.717) is 5.75 Å². The fraction of sp³-hybridized carbons (Fsp3) is 0.350. The average Bonchev–Trinajstić information content (AvgIpc) is 2.62. The second-order valence-electron chi connectivity index (χ2n) is 6.72. The molecule has 0 saturated carbocycles. The Morgan fingerprint density at radius 2 is 1.75 bits per heavy atom. The van der Waals surface area contributed by atoms with Crippen LogP contribution in [0.15, 0.2) is 48.5 Å². The zero-order chi connectivity index (χ0) is 20.9. The monoisotopic (exact) mass is 408 g/mol. The molecule has 1 N–H and O–H groups in total. The number of hydrogen-bond acceptors (Lipinski definition) is 4. The lowest BCUT2D eigenvalue weighted by molar-refractivity contribution is -0.122. The van der Waals surface area contributed by atoms with Crippen LogP contribution in [0.1, 0.15) is 19.4 Å². The van der Waals surface area contributed by atoms with Crippen LogP contribution in [-0.2, 0) is 14.8 Å². The average molecular weight is 408 g/mol. The highest BCUT2D eigenvalue weighted by atomic mass is 32.2. The summed E-state index contributed by atoms with van der Waals surface area (Å²) in [5.41, 5.74) is 0.938. The number of benzene rings is 2. The van der Waals surface area contributed by atoms with E-state index in [-0.39, 0.29) is 18.3 Å². The molecule has 0 aliphatic heterocycles. The summed E-state index contributed by atoms with van der Waals surface area (Å²) in [6.07, 6.45) is 0.938. The lowest BCUT2D eigenvalue weighted by atomic mass is 10.2. The molecular weight excluding hydrogens is 383 g/mol. The first-order valence-corrected chi connectivity index (χ1v) is 10.7. The predicted octanol–water partition coefficient (Wildman–Crippen LogP) is 2.87. The van der Waals surface area contributed by atoms with Crippen molar-refractivity contribution in [3.05, 3.63) is 59.9 Å². The minimum absolute atomic E-state index is 0.170. The second-order valence-corrected chi connectivity index (χ2v) is 8.58. The van der Waals surface area contributed by atoms with Gasteiger partial charge in [-0.3, -0.25) is 9.10 Å². The maximum atomic E-state index is 14.1. The van der Waals surface area contributed by atoms with Crippen molar-refractivity contribution in [2.75, 3.05) is 17.2 Å². The third-order valence-corrected chi connectivity index (χ3v) is 5.32. The van der Waals surface area contributed by atoms with Gasteiger partial charge in [-0.2, -0.15) is 0 Å². The number of amides is 1. The number of carbonyl (C=O) groups excluding carboxylic acids is 1. The zero-order valence-corrected chi connectivity index (χ0v) is 17.2. The Morgan fingerprint density at radius 1 is 1.14 bits per heavy atom. The summed E-state index contributed by atoms with van der Waals surface area (Å²) in [7, 11) is -3.88. The quantitative estimate of drug-likeness (QED) is 0.729. The van der Waals surface area contributed by atoms with Crippen molar-refractivity contribution < 1.29 is 22.3 Å². The van der Waals surface area contributed by atoms with Crippen molar-refractivity contribution in [1.82, 2.24) is 5.32 Å². The van der Waals surface area contributed by atoms with Crippen LogP contribution in [-0.4, -0.2) is 39.3 Å². The van der Waals surface area contributed by atoms with Crippen molar-refractivity contribution in [3.8, 4) is 5.75 Å². The number of para-hydroxylation sites is 1. The Hall–Kier alpha value is -2.61. The number of nitrogens with zero attached hydrogens (tertiary/aromatic N) is 1. The predicted molar refractivity (Wildman–Crippen MR) is 107 cm³/mol. The van der Waals surface area contributed by atoms with Gasteiger partial charge < -0.3 is 10.1 Å². The van der Waals surface area contributed by atoms with Crippen LogP contribution in [0, 0.1) is 12.7 Å². The number of aryl methyl sites for hydroxylation is 1. The Kier molecular flexibility index (Phi) is 7.01. The van der Waals surface area contributed by atoms with Crippen LogP contribution in [0.3, 0.4) is 0 Å². The third kappa shape index (κ3) is 5.69. The van der Waals surface area contributed by atoms with Crippen molar-refractivity contribution >= 4 is 21.6 Å². The Balaban J connectivity index is 2.06. The summed E-state index contributed by atoms with van der Waals surface area (Å²) in [5.74, 6) is -0.596. The molecule has 0 spiro atoms. The zero-order valence-electron chi connectivity index (χ0n) is 16.3. The van der Waals surface area contributed by atoms with Crippen molar-refractivity contribution in [2.45, 2.75) is 32.9 Å². The Bertz CT molecular complexity index is 916. The lowest BCUT2D eigenvalue weighted by Crippen LogP contribution is -2.51. The molecule has 0 heterocycles. The van der Waals surface area contributed by atoms with E-state index in [1.54, 1.807) is 6.92 Å². The molecule has 0 radical (unpaired) electrons. The molecule has 0 fully saturated rings. The van der Waals surface area contributed by atoms with Gasteiger partial charge in [-0.1, -0.05) is 29.8 Å². The van der Waals surface area contributed by atoms with E-state index in [1.807, 2.05) is 31.2 Å². The molecule has 0 aliphatic rings. The van der Waals surface area contributed by atoms with Crippen molar-refractivity contribution in [3.63, 3.8) is 0 Å². The van der Waals surface area contributed by atoms with Crippen LogP contribution in [0.2, 0.25) is 0 Å². The topological polar surface area (TPSA) is 75.7 Å². The van der Waals surface area contributed by atoms with Gasteiger partial charge in [-0.15, -0.1) is 0 Å². The Labute approximate surface area is 165 Å². The first-order valence-electron chi connectivity index (χ1n) is 8.83. The summed E-state index contributed by atoms with van der Waals surface area (Å²) in [4.78, 5) is 12.6. The summed E-state index contributed by atoms with van der Waals surface area (Å²) in [6.45, 7) is 5.33. The van der Waals surface area contributed by atoms with Crippen LogP contribution >= 0.6 is 0 Å². The molecule has 0 saturated heterocycles. The fourth-order valence-corrected chi connectivity index (χ4v) is 3.85. The van der Waals surface area contributed by atoms with Crippen LogP contribution < -0.4 is 14.4 Å². The van der Waals surface area contributed by atoms with Gasteiger partial charge in [0.1, 0.15) is 24.2 Å². The van der Waals surface area contributed by atoms with Crippen LogP contribution in [0.25, 0.3) is 0 Å². The molecule has 28 heavy (non-hydrogen) atoms. The van der Waals surface area contributed by atoms with Crippen molar-refractivity contribution in [1.29, 1.82) is 0 Å². The van der Waals surface area contributed by atoms with E-state index in [9.17, 15) is 17.6 Å². The van der Waals surface area contributed by atoms with Gasteiger partial charge in [0, 0.05) is 0 Å². The SMILES string of the molecule is Cc1ccc(OCC(C)NC(=O)C(C)N(c2ccccc2F)S(C)(=O)=O)cc1.